The number of nitrogens with zero attached hydrogens (tertiary/aromatic N) is 3. The number of aliphatic carboxylic acids is 1. The smallest absolute Gasteiger partial charge is 0.395 e. The van der Waals surface area contributed by atoms with Gasteiger partial charge in [0.1, 0.15) is 17.1 Å². The largest absolute Gasteiger partial charge is 0.492 e. The van der Waals surface area contributed by atoms with Crippen LogP contribution in [0, 0.1) is 17.2 Å². The lowest BCUT2D eigenvalue weighted by atomic mass is 9.67. The number of halogens is 4. The van der Waals surface area contributed by atoms with Gasteiger partial charge in [-0.3, -0.25) is 9.78 Å². The Balaban J connectivity index is 1.14. The van der Waals surface area contributed by atoms with Gasteiger partial charge in [0, 0.05) is 24.2 Å². The Kier molecular flexibility index (Phi) is 8.02. The molecule has 1 aliphatic carbocycles. The average Bonchev–Trinajstić information content (AvgIpc) is 3.32. The highest BCUT2D eigenvalue weighted by Gasteiger charge is 2.58. The third-order valence-electron chi connectivity index (χ3n) is 9.21. The lowest BCUT2D eigenvalue weighted by Gasteiger charge is -2.47. The molecule has 0 unspecified atom stereocenters. The van der Waals surface area contributed by atoms with Crippen LogP contribution in [0.2, 0.25) is 0 Å². The predicted octanol–water partition coefficient (Wildman–Crippen LogP) is 5.79. The Morgan fingerprint density at radius 3 is 2.37 bits per heavy atom. The van der Waals surface area contributed by atoms with Crippen LogP contribution in [0.1, 0.15) is 62.2 Å². The monoisotopic (exact) mass is 577 g/mol. The average molecular weight is 578 g/mol. The van der Waals surface area contributed by atoms with Gasteiger partial charge in [0.25, 0.3) is 5.91 Å². The summed E-state index contributed by atoms with van der Waals surface area (Å²) in [5, 5.41) is 9.58. The van der Waals surface area contributed by atoms with Crippen molar-refractivity contribution in [3.8, 4) is 17.0 Å². The summed E-state index contributed by atoms with van der Waals surface area (Å²) in [6.07, 6.45) is 0.863. The van der Waals surface area contributed by atoms with E-state index in [-0.39, 0.29) is 36.4 Å². The van der Waals surface area contributed by atoms with Crippen molar-refractivity contribution in [3.05, 3.63) is 47.9 Å². The second-order valence-corrected chi connectivity index (χ2v) is 11.9. The number of hydrogen-bond acceptors (Lipinski definition) is 5. The topological polar surface area (TPSA) is 83.0 Å². The lowest BCUT2D eigenvalue weighted by molar-refractivity contribution is -0.256. The van der Waals surface area contributed by atoms with E-state index >= 15 is 4.39 Å². The normalized spacial score (nSPS) is 23.3. The third-order valence-corrected chi connectivity index (χ3v) is 9.21. The number of benzene rings is 1. The third kappa shape index (κ3) is 5.78. The molecule has 5 rings (SSSR count). The maximum absolute atomic E-state index is 15.0. The van der Waals surface area contributed by atoms with Crippen LogP contribution in [0.4, 0.5) is 17.6 Å². The van der Waals surface area contributed by atoms with Crippen molar-refractivity contribution in [2.75, 3.05) is 32.8 Å². The molecule has 1 amide bonds. The minimum Gasteiger partial charge on any atom is -0.492 e. The summed E-state index contributed by atoms with van der Waals surface area (Å²) in [6, 6.07) is 7.34. The van der Waals surface area contributed by atoms with E-state index in [1.54, 1.807) is 12.1 Å². The van der Waals surface area contributed by atoms with Gasteiger partial charge in [-0.1, -0.05) is 6.42 Å². The van der Waals surface area contributed by atoms with E-state index in [1.807, 2.05) is 4.90 Å². The first kappa shape index (κ1) is 29.3. The second kappa shape index (κ2) is 11.2. The fourth-order valence-electron chi connectivity index (χ4n) is 6.24. The van der Waals surface area contributed by atoms with Gasteiger partial charge in [-0.2, -0.15) is 13.2 Å². The quantitative estimate of drug-likeness (QED) is 0.400. The number of pyridine rings is 1. The molecule has 1 atom stereocenters. The summed E-state index contributed by atoms with van der Waals surface area (Å²) < 4.78 is 61.4. The highest BCUT2D eigenvalue weighted by atomic mass is 19.4. The van der Waals surface area contributed by atoms with Gasteiger partial charge in [-0.15, -0.1) is 0 Å². The zero-order valence-corrected chi connectivity index (χ0v) is 23.1. The Bertz CT molecular complexity index is 1270. The molecule has 3 heterocycles. The summed E-state index contributed by atoms with van der Waals surface area (Å²) >= 11 is 0. The molecule has 1 aromatic carbocycles. The minimum atomic E-state index is -4.15. The molecule has 0 spiro atoms. The summed E-state index contributed by atoms with van der Waals surface area (Å²) in [7, 11) is 0. The number of piperidine rings is 1. The van der Waals surface area contributed by atoms with Crippen molar-refractivity contribution in [2.24, 2.45) is 11.3 Å². The van der Waals surface area contributed by atoms with Crippen molar-refractivity contribution in [1.29, 1.82) is 0 Å². The molecular formula is C30H35F4N3O4. The number of aromatic nitrogens is 1. The number of amides is 1. The molecule has 41 heavy (non-hydrogen) atoms. The molecule has 7 nitrogen and oxygen atoms in total. The number of carbonyl (C=O) groups excluding carboxylic acids is 1. The van der Waals surface area contributed by atoms with Gasteiger partial charge < -0.3 is 19.6 Å². The van der Waals surface area contributed by atoms with Gasteiger partial charge >= 0.3 is 12.1 Å². The Labute approximate surface area is 236 Å². The molecule has 11 heteroatoms. The number of carbonyl (C=O) groups is 2. The summed E-state index contributed by atoms with van der Waals surface area (Å²) in [6.45, 7) is 3.55. The van der Waals surface area contributed by atoms with Gasteiger partial charge in [-0.05, 0) is 94.8 Å². The molecule has 1 saturated carbocycles. The van der Waals surface area contributed by atoms with E-state index in [4.69, 9.17) is 4.74 Å². The van der Waals surface area contributed by atoms with E-state index in [1.165, 1.54) is 30.2 Å². The number of alkyl halides is 3. The SMILES string of the molecule is C[C@@]1(C(=O)O)CCCN1C(=O)c1ccc(-c2ccc(OCC3CCN(CC4(C(F)(F)F)CCC4)CC3)cn2)c(F)c1. The van der Waals surface area contributed by atoms with Crippen LogP contribution in [0.3, 0.4) is 0 Å². The number of rotatable bonds is 8. The van der Waals surface area contributed by atoms with Crippen molar-refractivity contribution < 1.29 is 37.0 Å². The Morgan fingerprint density at radius 2 is 1.80 bits per heavy atom. The fourth-order valence-corrected chi connectivity index (χ4v) is 6.24. The predicted molar refractivity (Wildman–Crippen MR) is 143 cm³/mol. The zero-order valence-electron chi connectivity index (χ0n) is 23.1. The first-order valence-corrected chi connectivity index (χ1v) is 14.2. The van der Waals surface area contributed by atoms with Crippen molar-refractivity contribution >= 4 is 11.9 Å². The summed E-state index contributed by atoms with van der Waals surface area (Å²) in [5.74, 6) is -1.51. The van der Waals surface area contributed by atoms with Crippen molar-refractivity contribution in [1.82, 2.24) is 14.8 Å². The number of likely N-dealkylation sites (tertiary alicyclic amines) is 2. The molecular weight excluding hydrogens is 542 g/mol. The number of hydrogen-bond donors (Lipinski definition) is 1. The van der Waals surface area contributed by atoms with Crippen molar-refractivity contribution in [2.45, 2.75) is 63.6 Å². The van der Waals surface area contributed by atoms with E-state index in [0.29, 0.717) is 56.9 Å². The number of carboxylic acid groups (broad SMARTS) is 1. The van der Waals surface area contributed by atoms with Gasteiger partial charge in [0.05, 0.1) is 23.9 Å². The van der Waals surface area contributed by atoms with Crippen molar-refractivity contribution in [3.63, 3.8) is 0 Å². The van der Waals surface area contributed by atoms with Crippen LogP contribution in [0.5, 0.6) is 5.75 Å². The molecule has 0 radical (unpaired) electrons. The standard InChI is InChI=1S/C30H35F4N3O4/c1-28(27(39)40)10-3-13-37(28)26(38)21-4-6-23(24(31)16-21)25-7-5-22(17-35-25)41-18-20-8-14-36(15-9-20)19-29(11-2-12-29)30(32,33)34/h4-7,16-17,20H,2-3,8-15,18-19H2,1H3,(H,39,40)/t28-/m0/s1. The highest BCUT2D eigenvalue weighted by molar-refractivity contribution is 5.98. The Morgan fingerprint density at radius 1 is 1.07 bits per heavy atom. The van der Waals surface area contributed by atoms with Gasteiger partial charge in [0.15, 0.2) is 0 Å². The maximum Gasteiger partial charge on any atom is 0.395 e. The van der Waals surface area contributed by atoms with E-state index in [9.17, 15) is 27.9 Å². The number of ether oxygens (including phenoxy) is 1. The summed E-state index contributed by atoms with van der Waals surface area (Å²) in [5.41, 5.74) is -2.21. The van der Waals surface area contributed by atoms with E-state index < -0.39 is 34.8 Å². The molecule has 1 aromatic heterocycles. The van der Waals surface area contributed by atoms with Crippen LogP contribution < -0.4 is 4.74 Å². The molecule has 222 valence electrons. The van der Waals surface area contributed by atoms with E-state index in [0.717, 1.165) is 18.9 Å². The Hall–Kier alpha value is -3.21. The molecule has 2 saturated heterocycles. The minimum absolute atomic E-state index is 0.0767. The molecule has 2 aromatic rings. The fraction of sp³-hybridized carbons (Fsp3) is 0.567. The first-order valence-electron chi connectivity index (χ1n) is 14.2. The lowest BCUT2D eigenvalue weighted by Crippen LogP contribution is -2.53. The van der Waals surface area contributed by atoms with Gasteiger partial charge in [0.2, 0.25) is 0 Å². The number of carboxylic acids is 1. The van der Waals surface area contributed by atoms with Crippen LogP contribution in [-0.4, -0.2) is 76.3 Å². The van der Waals surface area contributed by atoms with Crippen LogP contribution >= 0.6 is 0 Å². The highest BCUT2D eigenvalue weighted by Crippen LogP contribution is 2.53. The molecule has 3 aliphatic rings. The molecule has 2 aliphatic heterocycles. The van der Waals surface area contributed by atoms with Crippen LogP contribution in [-0.2, 0) is 4.79 Å². The first-order chi connectivity index (χ1) is 19.4. The van der Waals surface area contributed by atoms with Crippen LogP contribution in [0.25, 0.3) is 11.3 Å². The zero-order chi connectivity index (χ0) is 29.4. The molecule has 0 bridgehead atoms. The van der Waals surface area contributed by atoms with Gasteiger partial charge in [-0.25, -0.2) is 9.18 Å². The van der Waals surface area contributed by atoms with Crippen LogP contribution in [0.15, 0.2) is 36.5 Å². The summed E-state index contributed by atoms with van der Waals surface area (Å²) in [4.78, 5) is 32.2. The maximum atomic E-state index is 15.0. The second-order valence-electron chi connectivity index (χ2n) is 11.9. The molecule has 1 N–H and O–H groups in total. The molecule has 3 fully saturated rings. The van der Waals surface area contributed by atoms with E-state index in [2.05, 4.69) is 4.98 Å².